The van der Waals surface area contributed by atoms with Gasteiger partial charge in [-0.15, -0.1) is 0 Å². The summed E-state index contributed by atoms with van der Waals surface area (Å²) in [4.78, 5) is 0. The van der Waals surface area contributed by atoms with Gasteiger partial charge in [0, 0.05) is 5.69 Å². The highest BCUT2D eigenvalue weighted by Gasteiger charge is 1.72. The van der Waals surface area contributed by atoms with Crippen molar-refractivity contribution < 1.29 is 0 Å². The molecule has 1 heterocycles. The monoisotopic (exact) mass is 111 g/mol. The van der Waals surface area contributed by atoms with E-state index in [1.54, 1.807) is 0 Å². The first-order chi connectivity index (χ1) is 3.39. The molecule has 0 aliphatic heterocycles. The zero-order chi connectivity index (χ0) is 5.11. The van der Waals surface area contributed by atoms with Gasteiger partial charge in [-0.2, -0.15) is 0 Å². The van der Waals surface area contributed by atoms with Crippen molar-refractivity contribution in [3.8, 4) is 0 Å². The molecule has 0 bridgehead atoms. The van der Waals surface area contributed by atoms with Crippen molar-refractivity contribution in [3.63, 3.8) is 0 Å². The number of rotatable bonds is 0. The zero-order valence-corrected chi connectivity index (χ0v) is 4.73. The Kier molecular flexibility index (Phi) is 1.28. The Morgan fingerprint density at radius 3 is 2.14 bits per heavy atom. The lowest BCUT2D eigenvalue weighted by atomic mass is 10.5. The van der Waals surface area contributed by atoms with Gasteiger partial charge in [-0.05, 0) is 23.7 Å². The Bertz CT molecular complexity index is 138. The van der Waals surface area contributed by atoms with Gasteiger partial charge in [0.15, 0.2) is 0 Å². The van der Waals surface area contributed by atoms with E-state index in [1.807, 2.05) is 23.7 Å². The predicted octanol–water partition coefficient (Wildman–Crippen LogP) is 1.85. The van der Waals surface area contributed by atoms with Crippen LogP contribution in [0.4, 0.5) is 5.69 Å². The summed E-state index contributed by atoms with van der Waals surface area (Å²) >= 11 is 0. The lowest BCUT2D eigenvalue weighted by Gasteiger charge is -1.83. The van der Waals surface area contributed by atoms with Crippen LogP contribution in [0.1, 0.15) is 0 Å². The highest BCUT2D eigenvalue weighted by atomic mass is 31.0. The minimum absolute atomic E-state index is 0.846. The van der Waals surface area contributed by atoms with E-state index in [1.165, 1.54) is 8.19 Å². The second-order valence-electron chi connectivity index (χ2n) is 1.28. The Hall–Kier alpha value is -0.550. The van der Waals surface area contributed by atoms with Crippen LogP contribution in [0.5, 0.6) is 0 Å². The molecule has 0 aliphatic rings. The molecule has 1 aromatic rings. The highest BCUT2D eigenvalue weighted by Crippen LogP contribution is 2.06. The maximum atomic E-state index is 5.37. The van der Waals surface area contributed by atoms with E-state index >= 15 is 0 Å². The molecule has 1 nitrogen and oxygen atoms in total. The third kappa shape index (κ3) is 1.17. The normalized spacial score (nSPS) is 8.57. The molecule has 1 aromatic heterocycles. The highest BCUT2D eigenvalue weighted by molar-refractivity contribution is 7.28. The van der Waals surface area contributed by atoms with Crippen LogP contribution in [0, 0.1) is 0 Å². The molecule has 36 valence electrons. The molecule has 0 amide bonds. The van der Waals surface area contributed by atoms with Gasteiger partial charge in [-0.3, -0.25) is 0 Å². The Labute approximate surface area is 44.3 Å². The summed E-state index contributed by atoms with van der Waals surface area (Å²) in [5, 5.41) is 0. The third-order valence-electron chi connectivity index (χ3n) is 0.706. The van der Waals surface area contributed by atoms with Gasteiger partial charge < -0.3 is 5.73 Å². The van der Waals surface area contributed by atoms with Crippen LogP contribution in [0.2, 0.25) is 0 Å². The van der Waals surface area contributed by atoms with E-state index in [-0.39, 0.29) is 0 Å². The van der Waals surface area contributed by atoms with E-state index < -0.39 is 0 Å². The molecular weight excluding hydrogens is 105 g/mol. The van der Waals surface area contributed by atoms with E-state index in [9.17, 15) is 0 Å². The molecule has 0 saturated carbocycles. The number of hydrogen-bond donors (Lipinski definition) is 1. The van der Waals surface area contributed by atoms with Gasteiger partial charge in [-0.1, -0.05) is 8.19 Å². The lowest BCUT2D eigenvalue weighted by molar-refractivity contribution is 1.80. The van der Waals surface area contributed by atoms with Crippen LogP contribution < -0.4 is 5.73 Å². The average Bonchev–Trinajstić information content (AvgIpc) is 1.69. The smallest absolute Gasteiger partial charge is 0.0320 e. The number of hydrogen-bond acceptors (Lipinski definition) is 1. The van der Waals surface area contributed by atoms with Crippen molar-refractivity contribution in [2.45, 2.75) is 0 Å². The van der Waals surface area contributed by atoms with Crippen LogP contribution in [-0.4, -0.2) is 0 Å². The molecule has 2 N–H and O–H groups in total. The molecule has 0 fully saturated rings. The molecule has 0 spiro atoms. The topological polar surface area (TPSA) is 26.0 Å². The van der Waals surface area contributed by atoms with Gasteiger partial charge in [0.05, 0.1) is 0 Å². The predicted molar refractivity (Wildman–Crippen MR) is 33.4 cm³/mol. The summed E-state index contributed by atoms with van der Waals surface area (Å²) in [7, 11) is 1.23. The molecule has 1 rings (SSSR count). The van der Waals surface area contributed by atoms with E-state index in [0.717, 1.165) is 5.69 Å². The minimum Gasteiger partial charge on any atom is -0.399 e. The second kappa shape index (κ2) is 1.94. The molecule has 0 aliphatic carbocycles. The Balaban J connectivity index is 3.02. The maximum absolute atomic E-state index is 5.37. The van der Waals surface area contributed by atoms with Gasteiger partial charge >= 0.3 is 0 Å². The molecule has 0 atom stereocenters. The third-order valence-corrected chi connectivity index (χ3v) is 1.35. The number of nitrogen functional groups attached to an aromatic ring is 1. The van der Waals surface area contributed by atoms with Crippen molar-refractivity contribution in [1.29, 1.82) is 0 Å². The van der Waals surface area contributed by atoms with Gasteiger partial charge in [-0.25, -0.2) is 0 Å². The fourth-order valence-electron chi connectivity index (χ4n) is 0.363. The van der Waals surface area contributed by atoms with Crippen LogP contribution in [0.25, 0.3) is 0 Å². The summed E-state index contributed by atoms with van der Waals surface area (Å²) in [5.41, 5.74) is 6.22. The molecule has 2 heteroatoms. The first-order valence-electron chi connectivity index (χ1n) is 2.05. The van der Waals surface area contributed by atoms with Crippen LogP contribution in [-0.2, 0) is 0 Å². The summed E-state index contributed by atoms with van der Waals surface area (Å²) in [6.07, 6.45) is 0. The zero-order valence-electron chi connectivity index (χ0n) is 3.83. The fraction of sp³-hybridized carbons (Fsp3) is 0. The number of nitrogens with two attached hydrogens (primary N) is 1. The molecule has 0 unspecified atom stereocenters. The van der Waals surface area contributed by atoms with Gasteiger partial charge in [0.25, 0.3) is 0 Å². The molecule has 0 radical (unpaired) electrons. The average molecular weight is 111 g/mol. The van der Waals surface area contributed by atoms with Gasteiger partial charge in [0.1, 0.15) is 0 Å². The quantitative estimate of drug-likeness (QED) is 0.543. The molecule has 7 heavy (non-hydrogen) atoms. The SMILES string of the molecule is Nc1ccpcc1. The Morgan fingerprint density at radius 2 is 1.86 bits per heavy atom. The standard InChI is InChI=1S/C5H6NP/c6-5-1-3-7-4-2-5/h1-4H,6H2. The molecule has 0 aromatic carbocycles. The molecular formula is C5H6NP. The van der Waals surface area contributed by atoms with Crippen LogP contribution in [0.3, 0.4) is 0 Å². The summed E-state index contributed by atoms with van der Waals surface area (Å²) in [5.74, 6) is 4.02. The summed E-state index contributed by atoms with van der Waals surface area (Å²) in [6, 6.07) is 3.81. The number of anilines is 1. The fourth-order valence-corrected chi connectivity index (χ4v) is 0.979. The van der Waals surface area contributed by atoms with Crippen molar-refractivity contribution in [2.24, 2.45) is 0 Å². The summed E-state index contributed by atoms with van der Waals surface area (Å²) < 4.78 is 0. The van der Waals surface area contributed by atoms with E-state index in [0.29, 0.717) is 0 Å². The van der Waals surface area contributed by atoms with Crippen molar-refractivity contribution >= 4 is 13.9 Å². The van der Waals surface area contributed by atoms with Gasteiger partial charge in [0.2, 0.25) is 0 Å². The first-order valence-corrected chi connectivity index (χ1v) is 3.08. The van der Waals surface area contributed by atoms with Crippen LogP contribution in [0.15, 0.2) is 23.7 Å². The van der Waals surface area contributed by atoms with E-state index in [2.05, 4.69) is 0 Å². The Morgan fingerprint density at radius 1 is 1.29 bits per heavy atom. The van der Waals surface area contributed by atoms with Crippen molar-refractivity contribution in [1.82, 2.24) is 0 Å². The lowest BCUT2D eigenvalue weighted by Crippen LogP contribution is -1.78. The summed E-state index contributed by atoms with van der Waals surface area (Å²) in [6.45, 7) is 0. The van der Waals surface area contributed by atoms with Crippen LogP contribution >= 0.6 is 8.19 Å². The van der Waals surface area contributed by atoms with E-state index in [4.69, 9.17) is 5.73 Å². The largest absolute Gasteiger partial charge is 0.399 e. The first kappa shape index (κ1) is 4.61. The van der Waals surface area contributed by atoms with Crippen molar-refractivity contribution in [2.75, 3.05) is 5.73 Å². The maximum Gasteiger partial charge on any atom is 0.0320 e. The van der Waals surface area contributed by atoms with Crippen molar-refractivity contribution in [3.05, 3.63) is 23.7 Å². The second-order valence-corrected chi connectivity index (χ2v) is 2.17. The molecule has 0 saturated heterocycles. The minimum atomic E-state index is 0.846.